The Labute approximate surface area is 137 Å². The smallest absolute Gasteiger partial charge is 0.457 e. The van der Waals surface area contributed by atoms with Crippen LogP contribution in [0.3, 0.4) is 0 Å². The molecule has 5 heteroatoms. The fourth-order valence-corrected chi connectivity index (χ4v) is 2.71. The van der Waals surface area contributed by atoms with Crippen LogP contribution in [0.2, 0.25) is 19.6 Å². The summed E-state index contributed by atoms with van der Waals surface area (Å²) < 4.78 is 41.9. The van der Waals surface area contributed by atoms with Gasteiger partial charge in [0.25, 0.3) is 0 Å². The van der Waals surface area contributed by atoms with Crippen molar-refractivity contribution in [3.8, 4) is 11.8 Å². The van der Waals surface area contributed by atoms with Gasteiger partial charge < -0.3 is 4.43 Å². The van der Waals surface area contributed by atoms with Crippen molar-refractivity contribution < 1.29 is 17.6 Å². The SMILES string of the molecule is Cc1ccc(/C(=C/CCCC#CC(F)(F)F)O[Si](C)(C)C)cc1. The van der Waals surface area contributed by atoms with Crippen molar-refractivity contribution in [3.05, 3.63) is 41.5 Å². The quantitative estimate of drug-likeness (QED) is 0.270. The van der Waals surface area contributed by atoms with E-state index in [1.54, 1.807) is 0 Å². The van der Waals surface area contributed by atoms with Gasteiger partial charge in [0.1, 0.15) is 5.76 Å². The fourth-order valence-electron chi connectivity index (χ4n) is 1.85. The fraction of sp³-hybridized carbons (Fsp3) is 0.444. The molecule has 0 aliphatic rings. The summed E-state index contributed by atoms with van der Waals surface area (Å²) in [5.74, 6) is 4.26. The van der Waals surface area contributed by atoms with Crippen LogP contribution in [0.15, 0.2) is 30.3 Å². The zero-order valence-corrected chi connectivity index (χ0v) is 15.1. The lowest BCUT2D eigenvalue weighted by atomic mass is 10.1. The van der Waals surface area contributed by atoms with Crippen molar-refractivity contribution in [2.75, 3.05) is 0 Å². The number of alkyl halides is 3. The van der Waals surface area contributed by atoms with E-state index < -0.39 is 14.5 Å². The monoisotopic (exact) mass is 340 g/mol. The highest BCUT2D eigenvalue weighted by Gasteiger charge is 2.22. The molecule has 0 amide bonds. The lowest BCUT2D eigenvalue weighted by Gasteiger charge is -2.22. The molecule has 0 fully saturated rings. The molecule has 0 radical (unpaired) electrons. The molecule has 0 N–H and O–H groups in total. The van der Waals surface area contributed by atoms with Crippen LogP contribution in [-0.2, 0) is 4.43 Å². The molecule has 0 aliphatic carbocycles. The summed E-state index contributed by atoms with van der Waals surface area (Å²) in [4.78, 5) is 0. The van der Waals surface area contributed by atoms with Crippen LogP contribution in [0.1, 0.15) is 30.4 Å². The summed E-state index contributed by atoms with van der Waals surface area (Å²) in [6.45, 7) is 8.32. The maximum absolute atomic E-state index is 11.9. The molecule has 0 saturated carbocycles. The van der Waals surface area contributed by atoms with Crippen LogP contribution < -0.4 is 0 Å². The van der Waals surface area contributed by atoms with Crippen LogP contribution >= 0.6 is 0 Å². The molecule has 1 aromatic carbocycles. The Hall–Kier alpha value is -1.67. The molecular formula is C18H23F3OSi. The van der Waals surface area contributed by atoms with Crippen molar-refractivity contribution in [2.24, 2.45) is 0 Å². The van der Waals surface area contributed by atoms with E-state index in [-0.39, 0.29) is 6.42 Å². The van der Waals surface area contributed by atoms with Gasteiger partial charge in [0.05, 0.1) is 0 Å². The Kier molecular flexibility index (Phi) is 6.95. The van der Waals surface area contributed by atoms with Gasteiger partial charge in [0, 0.05) is 17.9 Å². The topological polar surface area (TPSA) is 9.23 Å². The minimum atomic E-state index is -4.40. The molecular weight excluding hydrogens is 317 g/mol. The van der Waals surface area contributed by atoms with Crippen molar-refractivity contribution in [3.63, 3.8) is 0 Å². The first-order valence-electron chi connectivity index (χ1n) is 7.60. The average Bonchev–Trinajstić information content (AvgIpc) is 2.39. The highest BCUT2D eigenvalue weighted by Crippen LogP contribution is 2.22. The minimum Gasteiger partial charge on any atom is -0.544 e. The highest BCUT2D eigenvalue weighted by molar-refractivity contribution is 6.70. The van der Waals surface area contributed by atoms with Crippen molar-refractivity contribution in [1.82, 2.24) is 0 Å². The number of rotatable bonds is 6. The Balaban J connectivity index is 2.72. The van der Waals surface area contributed by atoms with Gasteiger partial charge in [-0.15, -0.1) is 0 Å². The first-order valence-corrected chi connectivity index (χ1v) is 11.0. The molecule has 1 aromatic rings. The number of aryl methyl sites for hydroxylation is 1. The van der Waals surface area contributed by atoms with Gasteiger partial charge >= 0.3 is 6.18 Å². The van der Waals surface area contributed by atoms with Crippen molar-refractivity contribution in [1.29, 1.82) is 0 Å². The molecule has 0 bridgehead atoms. The Morgan fingerprint density at radius 3 is 2.30 bits per heavy atom. The third kappa shape index (κ3) is 9.14. The molecule has 1 rings (SSSR count). The predicted molar refractivity (Wildman–Crippen MR) is 91.3 cm³/mol. The zero-order valence-electron chi connectivity index (χ0n) is 14.1. The normalized spacial score (nSPS) is 12.6. The Morgan fingerprint density at radius 2 is 1.78 bits per heavy atom. The number of hydrogen-bond acceptors (Lipinski definition) is 1. The molecule has 0 spiro atoms. The maximum Gasteiger partial charge on any atom is 0.457 e. The Morgan fingerprint density at radius 1 is 1.17 bits per heavy atom. The van der Waals surface area contributed by atoms with Crippen LogP contribution in [0, 0.1) is 18.8 Å². The lowest BCUT2D eigenvalue weighted by Crippen LogP contribution is -2.24. The molecule has 126 valence electrons. The van der Waals surface area contributed by atoms with Crippen molar-refractivity contribution in [2.45, 2.75) is 52.0 Å². The van der Waals surface area contributed by atoms with Gasteiger partial charge in [0.2, 0.25) is 8.32 Å². The number of benzene rings is 1. The van der Waals surface area contributed by atoms with Crippen LogP contribution in [0.25, 0.3) is 5.76 Å². The van der Waals surface area contributed by atoms with E-state index in [0.29, 0.717) is 12.8 Å². The number of halogens is 3. The molecule has 0 aliphatic heterocycles. The van der Waals surface area contributed by atoms with E-state index in [0.717, 1.165) is 11.3 Å². The van der Waals surface area contributed by atoms with Gasteiger partial charge in [-0.05, 0) is 45.5 Å². The largest absolute Gasteiger partial charge is 0.544 e. The zero-order chi connectivity index (χ0) is 17.5. The molecule has 0 saturated heterocycles. The van der Waals surface area contributed by atoms with E-state index in [9.17, 15) is 13.2 Å². The second kappa shape index (κ2) is 8.26. The summed E-state index contributed by atoms with van der Waals surface area (Å²) in [7, 11) is -1.76. The first kappa shape index (κ1) is 19.4. The molecule has 1 nitrogen and oxygen atoms in total. The van der Waals surface area contributed by atoms with Gasteiger partial charge in [-0.2, -0.15) is 13.2 Å². The van der Waals surface area contributed by atoms with E-state index in [1.807, 2.05) is 37.3 Å². The molecule has 0 heterocycles. The summed E-state index contributed by atoms with van der Waals surface area (Å²) >= 11 is 0. The summed E-state index contributed by atoms with van der Waals surface area (Å²) in [6, 6.07) is 8.05. The second-order valence-electron chi connectivity index (χ2n) is 6.34. The summed E-state index contributed by atoms with van der Waals surface area (Å²) in [5.41, 5.74) is 2.17. The van der Waals surface area contributed by atoms with Gasteiger partial charge in [-0.25, -0.2) is 0 Å². The maximum atomic E-state index is 11.9. The number of allylic oxidation sites excluding steroid dienone is 1. The first-order chi connectivity index (χ1) is 10.6. The number of hydrogen-bond donors (Lipinski definition) is 0. The molecule has 0 unspecified atom stereocenters. The van der Waals surface area contributed by atoms with E-state index in [1.165, 1.54) is 11.5 Å². The van der Waals surface area contributed by atoms with Crippen LogP contribution in [0.4, 0.5) is 13.2 Å². The second-order valence-corrected chi connectivity index (χ2v) is 10.8. The van der Waals surface area contributed by atoms with Crippen LogP contribution in [-0.4, -0.2) is 14.5 Å². The Bertz CT molecular complexity index is 584. The molecule has 0 aromatic heterocycles. The summed E-state index contributed by atoms with van der Waals surface area (Å²) in [6.07, 6.45) is -1.00. The van der Waals surface area contributed by atoms with Crippen LogP contribution in [0.5, 0.6) is 0 Å². The number of unbranched alkanes of at least 4 members (excludes halogenated alkanes) is 2. The third-order valence-electron chi connectivity index (χ3n) is 2.82. The van der Waals surface area contributed by atoms with Gasteiger partial charge in [-0.1, -0.05) is 35.7 Å². The lowest BCUT2D eigenvalue weighted by molar-refractivity contribution is -0.0697. The van der Waals surface area contributed by atoms with E-state index in [2.05, 4.69) is 25.6 Å². The van der Waals surface area contributed by atoms with Gasteiger partial charge in [-0.3, -0.25) is 0 Å². The third-order valence-corrected chi connectivity index (χ3v) is 3.65. The van der Waals surface area contributed by atoms with Gasteiger partial charge in [0.15, 0.2) is 0 Å². The van der Waals surface area contributed by atoms with E-state index in [4.69, 9.17) is 4.43 Å². The summed E-state index contributed by atoms with van der Waals surface area (Å²) in [5, 5.41) is 0. The highest BCUT2D eigenvalue weighted by atomic mass is 28.4. The minimum absolute atomic E-state index is 0.226. The van der Waals surface area contributed by atoms with E-state index >= 15 is 0 Å². The standard InChI is InChI=1S/C18H23F3OSi/c1-15-10-12-16(13-11-15)17(22-23(2,3)4)9-7-5-6-8-14-18(19,20)21/h9-13H,5-7H2,1-4H3/b17-9-. The predicted octanol–water partition coefficient (Wildman–Crippen LogP) is 5.92. The average molecular weight is 340 g/mol. The van der Waals surface area contributed by atoms with Crippen molar-refractivity contribution >= 4 is 14.1 Å². The molecule has 23 heavy (non-hydrogen) atoms. The molecule has 0 atom stereocenters.